The molecule has 0 atom stereocenters. The average molecular weight is 432 g/mol. The SMILES string of the molecule is COc1ccc2[nH]cc(CCNC(=O)COc3ccc4nc5n(c(=O)c4c3)CCC5)c2c1. The summed E-state index contributed by atoms with van der Waals surface area (Å²) >= 11 is 0. The van der Waals surface area contributed by atoms with Crippen molar-refractivity contribution in [1.82, 2.24) is 19.9 Å². The summed E-state index contributed by atoms with van der Waals surface area (Å²) in [5.74, 6) is 1.90. The number of aryl methyl sites for hydroxylation is 1. The van der Waals surface area contributed by atoms with Crippen LogP contribution in [-0.4, -0.2) is 40.7 Å². The Morgan fingerprint density at radius 2 is 2.03 bits per heavy atom. The molecule has 0 saturated carbocycles. The maximum absolute atomic E-state index is 12.7. The van der Waals surface area contributed by atoms with Gasteiger partial charge in [-0.3, -0.25) is 14.2 Å². The number of carbonyl (C=O) groups excluding carboxylic acids is 1. The lowest BCUT2D eigenvalue weighted by Gasteiger charge is -2.09. The van der Waals surface area contributed by atoms with Gasteiger partial charge in [0.15, 0.2) is 6.61 Å². The highest BCUT2D eigenvalue weighted by molar-refractivity contribution is 5.85. The summed E-state index contributed by atoms with van der Waals surface area (Å²) in [6.45, 7) is 1.07. The Morgan fingerprint density at radius 1 is 1.19 bits per heavy atom. The van der Waals surface area contributed by atoms with Gasteiger partial charge in [0, 0.05) is 36.6 Å². The molecule has 0 aliphatic carbocycles. The van der Waals surface area contributed by atoms with Crippen LogP contribution in [0.3, 0.4) is 0 Å². The number of hydrogen-bond donors (Lipinski definition) is 2. The maximum Gasteiger partial charge on any atom is 0.261 e. The molecule has 0 fully saturated rings. The van der Waals surface area contributed by atoms with Crippen molar-refractivity contribution in [1.29, 1.82) is 0 Å². The molecule has 4 aromatic rings. The Balaban J connectivity index is 1.18. The molecule has 2 N–H and O–H groups in total. The third kappa shape index (κ3) is 3.79. The van der Waals surface area contributed by atoms with Crippen LogP contribution in [-0.2, 0) is 24.2 Å². The molecule has 0 unspecified atom stereocenters. The lowest BCUT2D eigenvalue weighted by atomic mass is 10.1. The molecule has 0 bridgehead atoms. The number of carbonyl (C=O) groups is 1. The molecular formula is C24H24N4O4. The first kappa shape index (κ1) is 20.1. The number of nitrogens with zero attached hydrogens (tertiary/aromatic N) is 2. The van der Waals surface area contributed by atoms with Gasteiger partial charge in [-0.15, -0.1) is 0 Å². The minimum Gasteiger partial charge on any atom is -0.497 e. The van der Waals surface area contributed by atoms with Crippen molar-refractivity contribution >= 4 is 27.7 Å². The quantitative estimate of drug-likeness (QED) is 0.468. The van der Waals surface area contributed by atoms with Gasteiger partial charge in [-0.25, -0.2) is 4.98 Å². The van der Waals surface area contributed by atoms with Crippen LogP contribution in [0.15, 0.2) is 47.4 Å². The number of benzene rings is 2. The zero-order valence-electron chi connectivity index (χ0n) is 17.8. The van der Waals surface area contributed by atoms with Crippen molar-refractivity contribution in [2.75, 3.05) is 20.3 Å². The Labute approximate surface area is 184 Å². The number of fused-ring (bicyclic) bond motifs is 3. The largest absolute Gasteiger partial charge is 0.497 e. The van der Waals surface area contributed by atoms with Crippen molar-refractivity contribution in [2.24, 2.45) is 0 Å². The first-order chi connectivity index (χ1) is 15.6. The predicted octanol–water partition coefficient (Wildman–Crippen LogP) is 2.57. The lowest BCUT2D eigenvalue weighted by Crippen LogP contribution is -2.30. The Morgan fingerprint density at radius 3 is 2.91 bits per heavy atom. The van der Waals surface area contributed by atoms with Crippen LogP contribution in [0.4, 0.5) is 0 Å². The van der Waals surface area contributed by atoms with E-state index in [-0.39, 0.29) is 18.1 Å². The molecule has 164 valence electrons. The van der Waals surface area contributed by atoms with E-state index in [0.717, 1.165) is 40.9 Å². The summed E-state index contributed by atoms with van der Waals surface area (Å²) in [6, 6.07) is 11.1. The molecule has 8 nitrogen and oxygen atoms in total. The molecule has 0 spiro atoms. The van der Waals surface area contributed by atoms with Gasteiger partial charge in [-0.2, -0.15) is 0 Å². The van der Waals surface area contributed by atoms with Crippen LogP contribution in [0.2, 0.25) is 0 Å². The van der Waals surface area contributed by atoms with Gasteiger partial charge >= 0.3 is 0 Å². The fourth-order valence-electron chi connectivity index (χ4n) is 4.18. The monoisotopic (exact) mass is 432 g/mol. The summed E-state index contributed by atoms with van der Waals surface area (Å²) in [4.78, 5) is 32.7. The summed E-state index contributed by atoms with van der Waals surface area (Å²) < 4.78 is 12.6. The molecule has 2 aromatic carbocycles. The molecule has 1 aliphatic rings. The van der Waals surface area contributed by atoms with Crippen molar-refractivity contribution in [3.8, 4) is 11.5 Å². The number of hydrogen-bond acceptors (Lipinski definition) is 5. The number of methoxy groups -OCH3 is 1. The molecule has 1 aliphatic heterocycles. The van der Waals surface area contributed by atoms with Crippen molar-refractivity contribution in [3.63, 3.8) is 0 Å². The van der Waals surface area contributed by atoms with E-state index < -0.39 is 0 Å². The second kappa shape index (κ2) is 8.37. The molecule has 8 heteroatoms. The van der Waals surface area contributed by atoms with Gasteiger partial charge in [0.25, 0.3) is 11.5 Å². The fraction of sp³-hybridized carbons (Fsp3) is 0.292. The van der Waals surface area contributed by atoms with Crippen molar-refractivity contribution < 1.29 is 14.3 Å². The van der Waals surface area contributed by atoms with Gasteiger partial charge in [0.2, 0.25) is 0 Å². The zero-order valence-corrected chi connectivity index (χ0v) is 17.8. The topological polar surface area (TPSA) is 98.2 Å². The molecule has 32 heavy (non-hydrogen) atoms. The molecule has 0 saturated heterocycles. The van der Waals surface area contributed by atoms with Gasteiger partial charge < -0.3 is 19.8 Å². The standard InChI is InChI=1S/C24H24N4O4/c1-31-16-4-6-20-18(11-16)15(13-26-20)8-9-25-23(29)14-32-17-5-7-21-19(12-17)24(30)28-10-2-3-22(28)27-21/h4-7,11-13,26H,2-3,8-10,14H2,1H3,(H,25,29). The van der Waals surface area contributed by atoms with E-state index >= 15 is 0 Å². The lowest BCUT2D eigenvalue weighted by molar-refractivity contribution is -0.123. The van der Waals surface area contributed by atoms with Crippen LogP contribution >= 0.6 is 0 Å². The van der Waals surface area contributed by atoms with Crippen LogP contribution in [0, 0.1) is 0 Å². The number of nitrogens with one attached hydrogen (secondary N) is 2. The molecule has 0 radical (unpaired) electrons. The number of ether oxygens (including phenoxy) is 2. The van der Waals surface area contributed by atoms with E-state index in [1.807, 2.05) is 24.4 Å². The van der Waals surface area contributed by atoms with Gasteiger partial charge in [-0.1, -0.05) is 0 Å². The van der Waals surface area contributed by atoms with Crippen LogP contribution in [0.1, 0.15) is 17.8 Å². The molecule has 3 heterocycles. The van der Waals surface area contributed by atoms with Gasteiger partial charge in [0.05, 0.1) is 18.0 Å². The summed E-state index contributed by atoms with van der Waals surface area (Å²) in [7, 11) is 1.64. The van der Waals surface area contributed by atoms with Gasteiger partial charge in [0.1, 0.15) is 17.3 Å². The summed E-state index contributed by atoms with van der Waals surface area (Å²) in [6.07, 6.45) is 4.40. The minimum absolute atomic E-state index is 0.0484. The first-order valence-corrected chi connectivity index (χ1v) is 10.7. The third-order valence-electron chi connectivity index (χ3n) is 5.85. The number of amides is 1. The summed E-state index contributed by atoms with van der Waals surface area (Å²) in [5, 5.41) is 4.48. The number of aromatic nitrogens is 3. The third-order valence-corrected chi connectivity index (χ3v) is 5.85. The van der Waals surface area contributed by atoms with E-state index in [4.69, 9.17) is 9.47 Å². The van der Waals surface area contributed by atoms with Gasteiger partial charge in [-0.05, 0) is 54.8 Å². The Hall–Kier alpha value is -3.81. The molecule has 5 rings (SSSR count). The minimum atomic E-state index is -0.216. The van der Waals surface area contributed by atoms with E-state index in [1.165, 1.54) is 0 Å². The second-order valence-corrected chi connectivity index (χ2v) is 7.88. The zero-order chi connectivity index (χ0) is 22.1. The predicted molar refractivity (Wildman–Crippen MR) is 121 cm³/mol. The Kier molecular flexibility index (Phi) is 5.26. The maximum atomic E-state index is 12.7. The number of H-pyrrole nitrogens is 1. The Bertz CT molecular complexity index is 1370. The first-order valence-electron chi connectivity index (χ1n) is 10.7. The van der Waals surface area contributed by atoms with E-state index in [1.54, 1.807) is 29.9 Å². The van der Waals surface area contributed by atoms with E-state index in [0.29, 0.717) is 36.2 Å². The number of rotatable bonds is 7. The van der Waals surface area contributed by atoms with Crippen molar-refractivity contribution in [2.45, 2.75) is 25.8 Å². The smallest absolute Gasteiger partial charge is 0.261 e. The van der Waals surface area contributed by atoms with Crippen molar-refractivity contribution in [3.05, 3.63) is 64.3 Å². The van der Waals surface area contributed by atoms with Crippen LogP contribution in [0.5, 0.6) is 11.5 Å². The molecule has 2 aromatic heterocycles. The normalized spacial score (nSPS) is 12.8. The molecule has 1 amide bonds. The molecular weight excluding hydrogens is 408 g/mol. The van der Waals surface area contributed by atoms with E-state index in [2.05, 4.69) is 15.3 Å². The van der Waals surface area contributed by atoms with E-state index in [9.17, 15) is 9.59 Å². The fourth-order valence-corrected chi connectivity index (χ4v) is 4.18. The highest BCUT2D eigenvalue weighted by Gasteiger charge is 2.16. The second-order valence-electron chi connectivity index (χ2n) is 7.88. The highest BCUT2D eigenvalue weighted by atomic mass is 16.5. The summed E-state index contributed by atoms with van der Waals surface area (Å²) in [5.41, 5.74) is 2.75. The average Bonchev–Trinajstić information content (AvgIpc) is 3.45. The van der Waals surface area contributed by atoms with Crippen LogP contribution in [0.25, 0.3) is 21.8 Å². The highest BCUT2D eigenvalue weighted by Crippen LogP contribution is 2.24. The van der Waals surface area contributed by atoms with Crippen LogP contribution < -0.4 is 20.3 Å². The number of aromatic amines is 1.